The number of aliphatic hydroxyl groups excluding tert-OH is 1. The van der Waals surface area contributed by atoms with E-state index in [1.165, 1.54) is 12.1 Å². The van der Waals surface area contributed by atoms with Crippen LogP contribution in [0.3, 0.4) is 0 Å². The molecule has 6 nitrogen and oxygen atoms in total. The number of carbonyl (C=O) groups excluding carboxylic acids is 1. The predicted molar refractivity (Wildman–Crippen MR) is 102 cm³/mol. The molecule has 1 fully saturated rings. The van der Waals surface area contributed by atoms with Gasteiger partial charge in [-0.15, -0.1) is 0 Å². The Morgan fingerprint density at radius 3 is 2.89 bits per heavy atom. The fourth-order valence-corrected chi connectivity index (χ4v) is 3.04. The Morgan fingerprint density at radius 1 is 1.48 bits per heavy atom. The number of ether oxygens (including phenoxy) is 2. The highest BCUT2D eigenvalue weighted by atomic mass is 35.5. The topological polar surface area (TPSA) is 71.0 Å². The van der Waals surface area contributed by atoms with Crippen molar-refractivity contribution in [2.24, 2.45) is 0 Å². The summed E-state index contributed by atoms with van der Waals surface area (Å²) in [6.07, 6.45) is 0.620. The molecule has 1 unspecified atom stereocenters. The third-order valence-corrected chi connectivity index (χ3v) is 4.34. The molecule has 1 aromatic carbocycles. The molecule has 8 heteroatoms. The zero-order valence-corrected chi connectivity index (χ0v) is 16.8. The molecule has 0 saturated carbocycles. The van der Waals surface area contributed by atoms with Crippen LogP contribution in [-0.2, 0) is 4.74 Å². The van der Waals surface area contributed by atoms with Gasteiger partial charge >= 0.3 is 6.09 Å². The lowest BCUT2D eigenvalue weighted by Crippen LogP contribution is -2.50. The second-order valence-corrected chi connectivity index (χ2v) is 8.19. The molecule has 0 spiro atoms. The quantitative estimate of drug-likeness (QED) is 0.764. The van der Waals surface area contributed by atoms with Gasteiger partial charge in [-0.25, -0.2) is 9.18 Å². The Bertz CT molecular complexity index is 639. The summed E-state index contributed by atoms with van der Waals surface area (Å²) in [5.41, 5.74) is -0.535. The number of carbonyl (C=O) groups is 1. The van der Waals surface area contributed by atoms with Crippen molar-refractivity contribution in [2.45, 2.75) is 51.4 Å². The van der Waals surface area contributed by atoms with Gasteiger partial charge in [0.15, 0.2) is 0 Å². The van der Waals surface area contributed by atoms with Crippen molar-refractivity contribution in [3.05, 3.63) is 29.0 Å². The first-order chi connectivity index (χ1) is 12.6. The molecule has 0 bridgehead atoms. The fraction of sp³-hybridized carbons (Fsp3) is 0.632. The second-order valence-electron chi connectivity index (χ2n) is 7.79. The van der Waals surface area contributed by atoms with Crippen LogP contribution in [-0.4, -0.2) is 60.1 Å². The van der Waals surface area contributed by atoms with E-state index in [2.05, 4.69) is 10.2 Å². The first kappa shape index (κ1) is 21.7. The molecule has 2 rings (SSSR count). The number of piperidine rings is 1. The molecule has 1 aliphatic rings. The lowest BCUT2D eigenvalue weighted by Gasteiger charge is -2.34. The predicted octanol–water partition coefficient (Wildman–Crippen LogP) is 3.21. The van der Waals surface area contributed by atoms with E-state index in [9.17, 15) is 14.3 Å². The van der Waals surface area contributed by atoms with Crippen LogP contribution >= 0.6 is 11.6 Å². The number of alkyl carbamates (subject to hydrolysis) is 1. The molecule has 27 heavy (non-hydrogen) atoms. The zero-order valence-electron chi connectivity index (χ0n) is 16.0. The van der Waals surface area contributed by atoms with Gasteiger partial charge in [0.1, 0.15) is 29.9 Å². The average molecular weight is 403 g/mol. The largest absolute Gasteiger partial charge is 0.491 e. The van der Waals surface area contributed by atoms with E-state index in [-0.39, 0.29) is 17.7 Å². The van der Waals surface area contributed by atoms with Crippen molar-refractivity contribution in [3.63, 3.8) is 0 Å². The van der Waals surface area contributed by atoms with Crippen molar-refractivity contribution in [1.29, 1.82) is 0 Å². The molecule has 1 saturated heterocycles. The van der Waals surface area contributed by atoms with Crippen molar-refractivity contribution in [3.8, 4) is 5.75 Å². The molecule has 1 aliphatic heterocycles. The van der Waals surface area contributed by atoms with Crippen molar-refractivity contribution >= 4 is 17.7 Å². The zero-order chi connectivity index (χ0) is 20.0. The van der Waals surface area contributed by atoms with Crippen LogP contribution in [0.2, 0.25) is 5.02 Å². The van der Waals surface area contributed by atoms with Crippen LogP contribution in [0.25, 0.3) is 0 Å². The second kappa shape index (κ2) is 9.57. The fourth-order valence-electron chi connectivity index (χ4n) is 2.92. The van der Waals surface area contributed by atoms with Crippen LogP contribution in [0.4, 0.5) is 9.18 Å². The molecule has 0 radical (unpaired) electrons. The Kier molecular flexibility index (Phi) is 7.70. The number of hydrogen-bond donors (Lipinski definition) is 2. The van der Waals surface area contributed by atoms with Gasteiger partial charge in [-0.05, 0) is 52.3 Å². The molecule has 1 amide bonds. The van der Waals surface area contributed by atoms with E-state index in [0.717, 1.165) is 19.4 Å². The molecule has 152 valence electrons. The maximum absolute atomic E-state index is 13.4. The molecule has 0 aromatic heterocycles. The highest BCUT2D eigenvalue weighted by molar-refractivity contribution is 6.30. The number of likely N-dealkylation sites (tertiary alicyclic amines) is 1. The third-order valence-electron chi connectivity index (χ3n) is 4.03. The SMILES string of the molecule is CC(C)(C)OC(=O)N[C@H]1CCCN(CC(O)COc2ccc(Cl)c(F)c2)C1. The van der Waals surface area contributed by atoms with Crippen molar-refractivity contribution < 1.29 is 23.8 Å². The summed E-state index contributed by atoms with van der Waals surface area (Å²) in [5.74, 6) is -0.241. The number of halogens is 2. The molecule has 2 atom stereocenters. The van der Waals surface area contributed by atoms with E-state index in [4.69, 9.17) is 21.1 Å². The Balaban J connectivity index is 1.75. The van der Waals surface area contributed by atoms with Crippen molar-refractivity contribution in [2.75, 3.05) is 26.2 Å². The van der Waals surface area contributed by atoms with Gasteiger partial charge in [-0.2, -0.15) is 0 Å². The van der Waals surface area contributed by atoms with Crippen LogP contribution in [0, 0.1) is 5.82 Å². The van der Waals surface area contributed by atoms with Gasteiger partial charge in [0.2, 0.25) is 0 Å². The highest BCUT2D eigenvalue weighted by Gasteiger charge is 2.25. The minimum atomic E-state index is -0.732. The monoisotopic (exact) mass is 402 g/mol. The molecule has 2 N–H and O–H groups in total. The van der Waals surface area contributed by atoms with Crippen LogP contribution in [0.5, 0.6) is 5.75 Å². The average Bonchev–Trinajstić information content (AvgIpc) is 2.54. The van der Waals surface area contributed by atoms with Gasteiger partial charge < -0.3 is 19.9 Å². The summed E-state index contributed by atoms with van der Waals surface area (Å²) in [6, 6.07) is 4.14. The molecule has 1 aromatic rings. The summed E-state index contributed by atoms with van der Waals surface area (Å²) < 4.78 is 24.1. The Hall–Kier alpha value is -1.57. The number of hydrogen-bond acceptors (Lipinski definition) is 5. The van der Waals surface area contributed by atoms with Crippen LogP contribution in [0.1, 0.15) is 33.6 Å². The summed E-state index contributed by atoms with van der Waals surface area (Å²) in [6.45, 7) is 7.38. The molecule has 1 heterocycles. The van der Waals surface area contributed by atoms with E-state index >= 15 is 0 Å². The maximum Gasteiger partial charge on any atom is 0.407 e. The maximum atomic E-state index is 13.4. The number of benzene rings is 1. The van der Waals surface area contributed by atoms with Gasteiger partial charge in [0.25, 0.3) is 0 Å². The van der Waals surface area contributed by atoms with E-state index < -0.39 is 23.6 Å². The van der Waals surface area contributed by atoms with Gasteiger partial charge in [-0.3, -0.25) is 4.90 Å². The number of aliphatic hydroxyl groups is 1. The van der Waals surface area contributed by atoms with Gasteiger partial charge in [0, 0.05) is 25.2 Å². The van der Waals surface area contributed by atoms with E-state index in [0.29, 0.717) is 18.8 Å². The van der Waals surface area contributed by atoms with Gasteiger partial charge in [0.05, 0.1) is 5.02 Å². The van der Waals surface area contributed by atoms with E-state index in [1.54, 1.807) is 6.07 Å². The number of rotatable bonds is 6. The molecule has 0 aliphatic carbocycles. The van der Waals surface area contributed by atoms with Crippen LogP contribution < -0.4 is 10.1 Å². The lowest BCUT2D eigenvalue weighted by atomic mass is 10.1. The molecular weight excluding hydrogens is 375 g/mol. The Labute approximate surface area is 164 Å². The highest BCUT2D eigenvalue weighted by Crippen LogP contribution is 2.20. The number of nitrogens with one attached hydrogen (secondary N) is 1. The smallest absolute Gasteiger partial charge is 0.407 e. The third kappa shape index (κ3) is 7.91. The number of nitrogens with zero attached hydrogens (tertiary/aromatic N) is 1. The Morgan fingerprint density at radius 2 is 2.22 bits per heavy atom. The summed E-state index contributed by atoms with van der Waals surface area (Å²) in [7, 11) is 0. The summed E-state index contributed by atoms with van der Waals surface area (Å²) in [5, 5.41) is 13.1. The standard InChI is InChI=1S/C19H28ClFN2O4/c1-19(2,3)27-18(25)22-13-5-4-8-23(10-13)11-14(24)12-26-15-6-7-16(20)17(21)9-15/h6-7,9,13-14,24H,4-5,8,10-12H2,1-3H3,(H,22,25)/t13-,14?/m0/s1. The normalized spacial score (nSPS) is 19.4. The number of amides is 1. The van der Waals surface area contributed by atoms with Gasteiger partial charge in [-0.1, -0.05) is 11.6 Å². The van der Waals surface area contributed by atoms with Crippen molar-refractivity contribution in [1.82, 2.24) is 10.2 Å². The summed E-state index contributed by atoms with van der Waals surface area (Å²) in [4.78, 5) is 14.0. The summed E-state index contributed by atoms with van der Waals surface area (Å²) >= 11 is 5.63. The lowest BCUT2D eigenvalue weighted by molar-refractivity contribution is 0.0400. The number of β-amino-alcohol motifs (C(OH)–C–C–N with tert-alkyl or cyclic N) is 1. The minimum absolute atomic E-state index is 0.0212. The first-order valence-corrected chi connectivity index (χ1v) is 9.48. The van der Waals surface area contributed by atoms with Crippen LogP contribution in [0.15, 0.2) is 18.2 Å². The van der Waals surface area contributed by atoms with E-state index in [1.807, 2.05) is 20.8 Å². The minimum Gasteiger partial charge on any atom is -0.491 e. The molecular formula is C19H28ClFN2O4. The first-order valence-electron chi connectivity index (χ1n) is 9.10.